The lowest BCUT2D eigenvalue weighted by Gasteiger charge is -2.08. The summed E-state index contributed by atoms with van der Waals surface area (Å²) in [6.45, 7) is 0.480. The van der Waals surface area contributed by atoms with Crippen molar-refractivity contribution in [2.75, 3.05) is 6.54 Å². The zero-order valence-corrected chi connectivity index (χ0v) is 15.4. The lowest BCUT2D eigenvalue weighted by molar-refractivity contribution is -0.121. The third-order valence-electron chi connectivity index (χ3n) is 4.75. The summed E-state index contributed by atoms with van der Waals surface area (Å²) in [6.07, 6.45) is 3.93. The maximum Gasteiger partial charge on any atom is 0.239 e. The Hall–Kier alpha value is -3.48. The second-order valence-electron chi connectivity index (χ2n) is 6.75. The Balaban J connectivity index is 1.61. The lowest BCUT2D eigenvalue weighted by Crippen LogP contribution is -2.29. The van der Waals surface area contributed by atoms with Crippen LogP contribution in [-0.4, -0.2) is 22.0 Å². The van der Waals surface area contributed by atoms with E-state index < -0.39 is 11.6 Å². The van der Waals surface area contributed by atoms with E-state index in [1.54, 1.807) is 29.1 Å². The van der Waals surface area contributed by atoms with Crippen LogP contribution in [0.1, 0.15) is 5.56 Å². The minimum Gasteiger partial charge on any atom is -0.354 e. The Morgan fingerprint density at radius 3 is 2.45 bits per heavy atom. The van der Waals surface area contributed by atoms with Crippen molar-refractivity contribution in [2.45, 2.75) is 13.0 Å². The number of aromatic amines is 1. The van der Waals surface area contributed by atoms with E-state index in [9.17, 15) is 18.0 Å². The van der Waals surface area contributed by atoms with Gasteiger partial charge in [-0.05, 0) is 60.0 Å². The minimum absolute atomic E-state index is 0.165. The summed E-state index contributed by atoms with van der Waals surface area (Å²) in [7, 11) is 0. The van der Waals surface area contributed by atoms with Crippen molar-refractivity contribution < 1.29 is 18.0 Å². The molecule has 7 heteroatoms. The van der Waals surface area contributed by atoms with Gasteiger partial charge in [0.15, 0.2) is 0 Å². The SMILES string of the molecule is O=C(Cn1cccc1)NCCc1c(-c2ccc(F)cc2)[nH]c2c(F)cc(F)cc12. The number of carbonyl (C=O) groups is 1. The van der Waals surface area contributed by atoms with Crippen LogP contribution < -0.4 is 5.32 Å². The highest BCUT2D eigenvalue weighted by Crippen LogP contribution is 2.32. The zero-order chi connectivity index (χ0) is 20.4. The topological polar surface area (TPSA) is 49.8 Å². The van der Waals surface area contributed by atoms with Crippen molar-refractivity contribution in [1.29, 1.82) is 0 Å². The fourth-order valence-electron chi connectivity index (χ4n) is 3.42. The minimum atomic E-state index is -0.703. The average Bonchev–Trinajstić information content (AvgIpc) is 3.31. The predicted octanol–water partition coefficient (Wildman–Crippen LogP) is 4.41. The molecule has 0 atom stereocenters. The maximum absolute atomic E-state index is 14.3. The molecule has 4 rings (SSSR count). The summed E-state index contributed by atoms with van der Waals surface area (Å²) >= 11 is 0. The van der Waals surface area contributed by atoms with Gasteiger partial charge in [0.1, 0.15) is 24.0 Å². The number of H-pyrrole nitrogens is 1. The van der Waals surface area contributed by atoms with E-state index in [1.165, 1.54) is 18.2 Å². The monoisotopic (exact) mass is 397 g/mol. The number of nitrogens with zero attached hydrogens (tertiary/aromatic N) is 1. The third kappa shape index (κ3) is 4.03. The van der Waals surface area contributed by atoms with E-state index in [2.05, 4.69) is 10.3 Å². The van der Waals surface area contributed by atoms with Crippen LogP contribution >= 0.6 is 0 Å². The van der Waals surface area contributed by atoms with Crippen LogP contribution in [0.25, 0.3) is 22.2 Å². The van der Waals surface area contributed by atoms with Crippen molar-refractivity contribution in [3.63, 3.8) is 0 Å². The molecule has 2 heterocycles. The fourth-order valence-corrected chi connectivity index (χ4v) is 3.42. The molecule has 0 radical (unpaired) electrons. The number of hydrogen-bond donors (Lipinski definition) is 2. The Bertz CT molecular complexity index is 1150. The van der Waals surface area contributed by atoms with Gasteiger partial charge < -0.3 is 14.9 Å². The molecule has 0 unspecified atom stereocenters. The van der Waals surface area contributed by atoms with Crippen LogP contribution in [0.3, 0.4) is 0 Å². The Labute approximate surface area is 165 Å². The predicted molar refractivity (Wildman–Crippen MR) is 105 cm³/mol. The Morgan fingerprint density at radius 1 is 1.00 bits per heavy atom. The molecule has 4 nitrogen and oxygen atoms in total. The first-order valence-corrected chi connectivity index (χ1v) is 9.14. The van der Waals surface area contributed by atoms with Crippen molar-refractivity contribution in [3.8, 4) is 11.3 Å². The first-order valence-electron chi connectivity index (χ1n) is 9.14. The first-order chi connectivity index (χ1) is 14.0. The number of hydrogen-bond acceptors (Lipinski definition) is 1. The van der Waals surface area contributed by atoms with E-state index in [4.69, 9.17) is 0 Å². The second-order valence-corrected chi connectivity index (χ2v) is 6.75. The molecule has 0 fully saturated rings. The number of amides is 1. The molecule has 29 heavy (non-hydrogen) atoms. The molecule has 148 valence electrons. The number of fused-ring (bicyclic) bond motifs is 1. The Kier molecular flexibility index (Phi) is 5.12. The Morgan fingerprint density at radius 2 is 1.72 bits per heavy atom. The summed E-state index contributed by atoms with van der Waals surface area (Å²) < 4.78 is 43.2. The van der Waals surface area contributed by atoms with Gasteiger partial charge in [-0.15, -0.1) is 0 Å². The summed E-state index contributed by atoms with van der Waals surface area (Å²) in [5.74, 6) is -1.94. The van der Waals surface area contributed by atoms with Gasteiger partial charge in [-0.2, -0.15) is 0 Å². The van der Waals surface area contributed by atoms with Crippen LogP contribution in [0.5, 0.6) is 0 Å². The molecular weight excluding hydrogens is 379 g/mol. The highest BCUT2D eigenvalue weighted by Gasteiger charge is 2.17. The molecule has 4 aromatic rings. The van der Waals surface area contributed by atoms with Crippen molar-refractivity contribution in [1.82, 2.24) is 14.9 Å². The van der Waals surface area contributed by atoms with Gasteiger partial charge in [0.2, 0.25) is 5.91 Å². The molecule has 0 spiro atoms. The molecule has 2 N–H and O–H groups in total. The van der Waals surface area contributed by atoms with Gasteiger partial charge in [0.25, 0.3) is 0 Å². The van der Waals surface area contributed by atoms with Gasteiger partial charge in [0.05, 0.1) is 5.52 Å². The van der Waals surface area contributed by atoms with Crippen LogP contribution in [0.2, 0.25) is 0 Å². The van der Waals surface area contributed by atoms with Gasteiger partial charge >= 0.3 is 0 Å². The van der Waals surface area contributed by atoms with Crippen LogP contribution in [0, 0.1) is 17.5 Å². The van der Waals surface area contributed by atoms with Crippen LogP contribution in [0.15, 0.2) is 60.9 Å². The number of carbonyl (C=O) groups excluding carboxylic acids is 1. The highest BCUT2D eigenvalue weighted by molar-refractivity contribution is 5.91. The summed E-state index contributed by atoms with van der Waals surface area (Å²) in [5.41, 5.74) is 2.06. The molecule has 0 saturated carbocycles. The summed E-state index contributed by atoms with van der Waals surface area (Å²) in [5, 5.41) is 3.22. The normalized spacial score (nSPS) is 11.1. The van der Waals surface area contributed by atoms with E-state index in [1.807, 2.05) is 12.1 Å². The smallest absolute Gasteiger partial charge is 0.239 e. The van der Waals surface area contributed by atoms with Gasteiger partial charge in [-0.25, -0.2) is 13.2 Å². The second kappa shape index (κ2) is 7.87. The average molecular weight is 397 g/mol. The maximum atomic E-state index is 14.3. The molecule has 0 saturated heterocycles. The van der Waals surface area contributed by atoms with E-state index in [-0.39, 0.29) is 23.8 Å². The standard InChI is InChI=1S/C22H18F3N3O/c23-15-5-3-14(4-6-15)21-17(18-11-16(24)12-19(25)22(18)27-21)7-8-26-20(29)13-28-9-1-2-10-28/h1-6,9-12,27H,7-8,13H2,(H,26,29). The molecular formula is C22H18F3N3O. The number of rotatable bonds is 6. The molecule has 0 aliphatic heterocycles. The summed E-state index contributed by atoms with van der Waals surface area (Å²) in [4.78, 5) is 15.1. The van der Waals surface area contributed by atoms with E-state index in [0.717, 1.165) is 6.07 Å². The fraction of sp³-hybridized carbons (Fsp3) is 0.136. The van der Waals surface area contributed by atoms with Gasteiger partial charge in [-0.1, -0.05) is 0 Å². The first kappa shape index (κ1) is 18.9. The lowest BCUT2D eigenvalue weighted by atomic mass is 10.0. The van der Waals surface area contributed by atoms with Gasteiger partial charge in [0, 0.05) is 36.1 Å². The molecule has 2 aromatic carbocycles. The zero-order valence-electron chi connectivity index (χ0n) is 15.4. The quantitative estimate of drug-likeness (QED) is 0.497. The number of benzene rings is 2. The number of halogens is 3. The number of aromatic nitrogens is 2. The largest absolute Gasteiger partial charge is 0.354 e. The van der Waals surface area contributed by atoms with Gasteiger partial charge in [-0.3, -0.25) is 4.79 Å². The van der Waals surface area contributed by atoms with Crippen LogP contribution in [0.4, 0.5) is 13.2 Å². The molecule has 0 bridgehead atoms. The van der Waals surface area contributed by atoms with E-state index in [0.29, 0.717) is 35.2 Å². The van der Waals surface area contributed by atoms with Crippen LogP contribution in [-0.2, 0) is 17.8 Å². The summed E-state index contributed by atoms with van der Waals surface area (Å²) in [6, 6.07) is 11.5. The third-order valence-corrected chi connectivity index (χ3v) is 4.75. The molecule has 0 aliphatic rings. The van der Waals surface area contributed by atoms with E-state index >= 15 is 0 Å². The van der Waals surface area contributed by atoms with Crippen molar-refractivity contribution in [3.05, 3.63) is 83.9 Å². The molecule has 0 aliphatic carbocycles. The van der Waals surface area contributed by atoms with Crippen molar-refractivity contribution in [2.24, 2.45) is 0 Å². The molecule has 2 aromatic heterocycles. The number of nitrogens with one attached hydrogen (secondary N) is 2. The molecule has 1 amide bonds. The highest BCUT2D eigenvalue weighted by atomic mass is 19.1. The van der Waals surface area contributed by atoms with Crippen molar-refractivity contribution >= 4 is 16.8 Å².